The van der Waals surface area contributed by atoms with Gasteiger partial charge in [0, 0.05) is 12.8 Å². The highest BCUT2D eigenvalue weighted by molar-refractivity contribution is 5.77. The number of unbranched alkanes of at least 4 members (excludes halogenated alkanes) is 20. The third-order valence-corrected chi connectivity index (χ3v) is 8.93. The monoisotopic (exact) mass is 511 g/mol. The maximum Gasteiger partial charge on any atom is 0.365 e. The Labute approximate surface area is 227 Å². The highest BCUT2D eigenvalue weighted by Gasteiger charge is 2.51. The molecule has 0 spiro atoms. The molecule has 0 aliphatic carbocycles. The van der Waals surface area contributed by atoms with Gasteiger partial charge < -0.3 is 9.59 Å². The fourth-order valence-electron chi connectivity index (χ4n) is 5.83. The van der Waals surface area contributed by atoms with Crippen LogP contribution in [0.25, 0.3) is 0 Å². The number of rotatable bonds is 27. The van der Waals surface area contributed by atoms with Crippen molar-refractivity contribution in [2.45, 2.75) is 180 Å². The second-order valence-electron chi connectivity index (χ2n) is 12.8. The van der Waals surface area contributed by atoms with E-state index in [2.05, 4.69) is 35.0 Å². The van der Waals surface area contributed by atoms with Crippen molar-refractivity contribution in [1.82, 2.24) is 0 Å². The lowest BCUT2D eigenvalue weighted by atomic mass is 9.76. The standard InChI is InChI=1S/C33H67NO2/c1-7-9-11-13-15-17-18-19-20-22-24-26-28-30-31(33(3,32(35)36)34(4,5)6)29-27-25-23-21-16-14-12-10-8-2/h31H,7-30H2,1-6H3/p+1. The molecule has 0 aliphatic heterocycles. The first-order valence-electron chi connectivity index (χ1n) is 16.3. The van der Waals surface area contributed by atoms with Crippen molar-refractivity contribution < 1.29 is 14.4 Å². The van der Waals surface area contributed by atoms with E-state index in [1.54, 1.807) is 0 Å². The van der Waals surface area contributed by atoms with Crippen LogP contribution in [0.1, 0.15) is 175 Å². The Morgan fingerprint density at radius 2 is 0.806 bits per heavy atom. The molecule has 1 N–H and O–H groups in total. The molecule has 0 aromatic carbocycles. The summed E-state index contributed by atoms with van der Waals surface area (Å²) in [5.74, 6) is -0.363. The molecule has 0 bridgehead atoms. The third kappa shape index (κ3) is 16.3. The highest BCUT2D eigenvalue weighted by Crippen LogP contribution is 2.36. The number of hydrogen-bond donors (Lipinski definition) is 1. The molecule has 0 fully saturated rings. The van der Waals surface area contributed by atoms with Gasteiger partial charge in [0.05, 0.1) is 21.1 Å². The molecular formula is C33H68NO2+. The Morgan fingerprint density at radius 3 is 1.03 bits per heavy atom. The van der Waals surface area contributed by atoms with Crippen molar-refractivity contribution in [2.75, 3.05) is 21.1 Å². The number of aliphatic carboxylic acids is 1. The summed E-state index contributed by atoms with van der Waals surface area (Å²) in [5, 5.41) is 10.3. The number of quaternary nitrogens is 1. The molecule has 0 aliphatic rings. The molecule has 0 saturated heterocycles. The van der Waals surface area contributed by atoms with Gasteiger partial charge in [-0.1, -0.05) is 155 Å². The number of carbonyl (C=O) groups is 1. The van der Waals surface area contributed by atoms with Crippen LogP contribution in [0.4, 0.5) is 0 Å². The van der Waals surface area contributed by atoms with Gasteiger partial charge in [0.15, 0.2) is 5.54 Å². The van der Waals surface area contributed by atoms with Gasteiger partial charge in [-0.2, -0.15) is 0 Å². The summed E-state index contributed by atoms with van der Waals surface area (Å²) in [5.41, 5.74) is -0.711. The first-order valence-corrected chi connectivity index (χ1v) is 16.3. The lowest BCUT2D eigenvalue weighted by Gasteiger charge is -2.45. The lowest BCUT2D eigenvalue weighted by molar-refractivity contribution is -0.916. The molecule has 36 heavy (non-hydrogen) atoms. The molecule has 2 unspecified atom stereocenters. The molecule has 2 atom stereocenters. The Morgan fingerprint density at radius 1 is 0.556 bits per heavy atom. The van der Waals surface area contributed by atoms with E-state index in [9.17, 15) is 9.90 Å². The van der Waals surface area contributed by atoms with Gasteiger partial charge in [-0.3, -0.25) is 0 Å². The average Bonchev–Trinajstić information content (AvgIpc) is 2.83. The topological polar surface area (TPSA) is 37.3 Å². The van der Waals surface area contributed by atoms with Gasteiger partial charge >= 0.3 is 5.97 Å². The number of hydrogen-bond acceptors (Lipinski definition) is 1. The summed E-state index contributed by atoms with van der Waals surface area (Å²) in [6, 6.07) is 0. The SMILES string of the molecule is CCCCCCCCCCCCCCCC(CCCCCCCCCCC)C(C)(C(=O)O)[N+](C)(C)C. The molecule has 0 radical (unpaired) electrons. The van der Waals surface area contributed by atoms with E-state index in [1.807, 2.05) is 6.92 Å². The van der Waals surface area contributed by atoms with Crippen LogP contribution in [0.2, 0.25) is 0 Å². The van der Waals surface area contributed by atoms with Crippen molar-refractivity contribution >= 4 is 5.97 Å². The van der Waals surface area contributed by atoms with Crippen LogP contribution in [-0.4, -0.2) is 42.2 Å². The average molecular weight is 511 g/mol. The molecular weight excluding hydrogens is 442 g/mol. The van der Waals surface area contributed by atoms with Crippen LogP contribution in [0.3, 0.4) is 0 Å². The fraction of sp³-hybridized carbons (Fsp3) is 0.970. The number of nitrogens with zero attached hydrogens (tertiary/aromatic N) is 1. The largest absolute Gasteiger partial charge is 0.477 e. The summed E-state index contributed by atoms with van der Waals surface area (Å²) in [4.78, 5) is 12.5. The van der Waals surface area contributed by atoms with Crippen LogP contribution in [-0.2, 0) is 4.79 Å². The van der Waals surface area contributed by atoms with Gasteiger partial charge in [0.2, 0.25) is 0 Å². The van der Waals surface area contributed by atoms with E-state index in [-0.39, 0.29) is 5.92 Å². The predicted molar refractivity (Wildman–Crippen MR) is 160 cm³/mol. The highest BCUT2D eigenvalue weighted by atomic mass is 16.4. The number of likely N-dealkylation sites (N-methyl/N-ethyl adjacent to an activating group) is 1. The van der Waals surface area contributed by atoms with Crippen LogP contribution in [0, 0.1) is 5.92 Å². The summed E-state index contributed by atoms with van der Waals surface area (Å²) < 4.78 is 0.503. The maximum absolute atomic E-state index is 12.5. The van der Waals surface area contributed by atoms with E-state index in [4.69, 9.17) is 0 Å². The molecule has 3 nitrogen and oxygen atoms in total. The fourth-order valence-corrected chi connectivity index (χ4v) is 5.83. The van der Waals surface area contributed by atoms with Crippen LogP contribution >= 0.6 is 0 Å². The first-order chi connectivity index (χ1) is 17.2. The van der Waals surface area contributed by atoms with Crippen molar-refractivity contribution in [3.63, 3.8) is 0 Å². The molecule has 3 heteroatoms. The Balaban J connectivity index is 4.29. The van der Waals surface area contributed by atoms with E-state index < -0.39 is 11.5 Å². The molecule has 0 aromatic heterocycles. The van der Waals surface area contributed by atoms with E-state index in [1.165, 1.54) is 141 Å². The Bertz CT molecular complexity index is 498. The quantitative estimate of drug-likeness (QED) is 0.0881. The predicted octanol–water partition coefficient (Wildman–Crippen LogP) is 10.6. The third-order valence-electron chi connectivity index (χ3n) is 8.93. The second-order valence-corrected chi connectivity index (χ2v) is 12.8. The normalized spacial score (nSPS) is 14.6. The Hall–Kier alpha value is -0.570. The zero-order valence-electron chi connectivity index (χ0n) is 25.9. The van der Waals surface area contributed by atoms with Crippen molar-refractivity contribution in [3.05, 3.63) is 0 Å². The maximum atomic E-state index is 12.5. The molecule has 0 saturated carbocycles. The molecule has 216 valence electrons. The molecule has 0 rings (SSSR count). The van der Waals surface area contributed by atoms with Gasteiger partial charge in [-0.05, 0) is 12.8 Å². The minimum Gasteiger partial charge on any atom is -0.477 e. The van der Waals surface area contributed by atoms with E-state index >= 15 is 0 Å². The van der Waals surface area contributed by atoms with Crippen LogP contribution < -0.4 is 0 Å². The molecule has 0 aromatic rings. The van der Waals surface area contributed by atoms with Crippen molar-refractivity contribution in [2.24, 2.45) is 5.92 Å². The molecule has 0 heterocycles. The lowest BCUT2D eigenvalue weighted by Crippen LogP contribution is -2.64. The zero-order chi connectivity index (χ0) is 27.1. The number of carboxylic acids is 1. The van der Waals surface area contributed by atoms with Gasteiger partial charge in [0.1, 0.15) is 0 Å². The summed E-state index contributed by atoms with van der Waals surface area (Å²) in [7, 11) is 6.21. The Kier molecular flexibility index (Phi) is 22.1. The minimum atomic E-state index is -0.711. The zero-order valence-corrected chi connectivity index (χ0v) is 25.9. The van der Waals surface area contributed by atoms with Crippen molar-refractivity contribution in [3.8, 4) is 0 Å². The van der Waals surface area contributed by atoms with Crippen molar-refractivity contribution in [1.29, 1.82) is 0 Å². The molecule has 0 amide bonds. The minimum absolute atomic E-state index is 0.257. The van der Waals surface area contributed by atoms with E-state index in [0.29, 0.717) is 4.48 Å². The van der Waals surface area contributed by atoms with Gasteiger partial charge in [-0.25, -0.2) is 4.79 Å². The first kappa shape index (κ1) is 35.4. The number of carboxylic acid groups (broad SMARTS) is 1. The van der Waals surface area contributed by atoms with Gasteiger partial charge in [-0.15, -0.1) is 0 Å². The summed E-state index contributed by atoms with van der Waals surface area (Å²) >= 11 is 0. The summed E-state index contributed by atoms with van der Waals surface area (Å²) in [6.45, 7) is 6.57. The van der Waals surface area contributed by atoms with Crippen LogP contribution in [0.5, 0.6) is 0 Å². The van der Waals surface area contributed by atoms with E-state index in [0.717, 1.165) is 12.8 Å². The van der Waals surface area contributed by atoms with Gasteiger partial charge in [0.25, 0.3) is 0 Å². The smallest absolute Gasteiger partial charge is 0.365 e. The van der Waals surface area contributed by atoms with Crippen LogP contribution in [0.15, 0.2) is 0 Å². The second kappa shape index (κ2) is 22.4. The summed E-state index contributed by atoms with van der Waals surface area (Å²) in [6.07, 6.45) is 31.8.